The van der Waals surface area contributed by atoms with Crippen LogP contribution >= 0.6 is 0 Å². The average Bonchev–Trinajstić information content (AvgIpc) is 2.70. The zero-order valence-corrected chi connectivity index (χ0v) is 18.5. The summed E-state index contributed by atoms with van der Waals surface area (Å²) in [6.07, 6.45) is 6.32. The number of aldehydes is 1. The van der Waals surface area contributed by atoms with E-state index in [1.807, 2.05) is 38.1 Å². The summed E-state index contributed by atoms with van der Waals surface area (Å²) in [5.41, 5.74) is 2.21. The fourth-order valence-electron chi connectivity index (χ4n) is 3.76. The van der Waals surface area contributed by atoms with Crippen molar-refractivity contribution in [2.75, 3.05) is 13.7 Å². The quantitative estimate of drug-likeness (QED) is 0.380. The van der Waals surface area contributed by atoms with Crippen molar-refractivity contribution in [2.24, 2.45) is 5.92 Å². The van der Waals surface area contributed by atoms with E-state index in [0.717, 1.165) is 42.4 Å². The van der Waals surface area contributed by atoms with Gasteiger partial charge in [-0.1, -0.05) is 38.5 Å². The van der Waals surface area contributed by atoms with Gasteiger partial charge < -0.3 is 23.7 Å². The third kappa shape index (κ3) is 7.25. The molecule has 3 atom stereocenters. The molecule has 0 spiro atoms. The summed E-state index contributed by atoms with van der Waals surface area (Å²) in [5, 5.41) is 0. The number of rotatable bonds is 11. The SMILES string of the molecule is CC/C=C(\COCc1ccc(OC)cc1)[C@H]1C[C@H]([C@@H](C=O)CCC)OC(C)(C)O1. The van der Waals surface area contributed by atoms with E-state index in [-0.39, 0.29) is 18.1 Å². The Kier molecular flexibility index (Phi) is 9.34. The molecule has 2 rings (SSSR count). The van der Waals surface area contributed by atoms with Gasteiger partial charge in [0, 0.05) is 12.3 Å². The summed E-state index contributed by atoms with van der Waals surface area (Å²) in [7, 11) is 1.66. The lowest BCUT2D eigenvalue weighted by Gasteiger charge is -2.43. The standard InChI is InChI=1S/C24H36O5/c1-6-8-19(15-25)22-14-23(29-24(3,4)28-22)20(9-7-2)17-27-16-18-10-12-21(26-5)13-11-18/h9-13,15,19,22-23H,6-8,14,16-17H2,1-5H3/b20-9+/t19-,22-,23-/m1/s1. The summed E-state index contributed by atoms with van der Waals surface area (Å²) in [4.78, 5) is 11.6. The number of hydrogen-bond acceptors (Lipinski definition) is 5. The Morgan fingerprint density at radius 1 is 1.24 bits per heavy atom. The lowest BCUT2D eigenvalue weighted by atomic mass is 9.90. The van der Waals surface area contributed by atoms with E-state index in [1.54, 1.807) is 7.11 Å². The van der Waals surface area contributed by atoms with Crippen molar-refractivity contribution in [1.29, 1.82) is 0 Å². The predicted octanol–water partition coefficient (Wildman–Crippen LogP) is 5.07. The molecule has 5 heteroatoms. The lowest BCUT2D eigenvalue weighted by molar-refractivity contribution is -0.299. The van der Waals surface area contributed by atoms with Gasteiger partial charge in [-0.15, -0.1) is 0 Å². The van der Waals surface area contributed by atoms with Crippen molar-refractivity contribution in [3.63, 3.8) is 0 Å². The summed E-state index contributed by atoms with van der Waals surface area (Å²) in [6.45, 7) is 9.05. The summed E-state index contributed by atoms with van der Waals surface area (Å²) >= 11 is 0. The molecular weight excluding hydrogens is 368 g/mol. The van der Waals surface area contributed by atoms with Crippen molar-refractivity contribution in [2.45, 2.75) is 78.0 Å². The predicted molar refractivity (Wildman–Crippen MR) is 114 cm³/mol. The molecule has 1 aliphatic heterocycles. The Balaban J connectivity index is 2.03. The number of allylic oxidation sites excluding steroid dienone is 1. The highest BCUT2D eigenvalue weighted by Crippen LogP contribution is 2.34. The molecule has 1 aromatic carbocycles. The summed E-state index contributed by atoms with van der Waals surface area (Å²) < 4.78 is 23.5. The van der Waals surface area contributed by atoms with E-state index >= 15 is 0 Å². The lowest BCUT2D eigenvalue weighted by Crippen LogP contribution is -2.48. The highest BCUT2D eigenvalue weighted by molar-refractivity contribution is 5.54. The number of ether oxygens (including phenoxy) is 4. The van der Waals surface area contributed by atoms with Crippen LogP contribution in [0.3, 0.4) is 0 Å². The van der Waals surface area contributed by atoms with Crippen molar-refractivity contribution in [3.8, 4) is 5.75 Å². The molecule has 162 valence electrons. The second kappa shape index (κ2) is 11.5. The highest BCUT2D eigenvalue weighted by atomic mass is 16.7. The summed E-state index contributed by atoms with van der Waals surface area (Å²) in [5.74, 6) is 0.000521. The van der Waals surface area contributed by atoms with Gasteiger partial charge in [0.15, 0.2) is 5.79 Å². The van der Waals surface area contributed by atoms with Gasteiger partial charge in [-0.05, 0) is 50.0 Å². The van der Waals surface area contributed by atoms with Crippen molar-refractivity contribution >= 4 is 6.29 Å². The fraction of sp³-hybridized carbons (Fsp3) is 0.625. The third-order valence-electron chi connectivity index (χ3n) is 5.16. The first-order valence-electron chi connectivity index (χ1n) is 10.6. The van der Waals surface area contributed by atoms with Crippen LogP contribution in [0.5, 0.6) is 5.75 Å². The Morgan fingerprint density at radius 3 is 2.55 bits per heavy atom. The van der Waals surface area contributed by atoms with E-state index in [0.29, 0.717) is 19.6 Å². The molecule has 1 aromatic rings. The zero-order valence-electron chi connectivity index (χ0n) is 18.5. The van der Waals surface area contributed by atoms with Crippen LogP contribution in [0.4, 0.5) is 0 Å². The van der Waals surface area contributed by atoms with Gasteiger partial charge in [-0.25, -0.2) is 0 Å². The number of carbonyl (C=O) groups excluding carboxylic acids is 1. The largest absolute Gasteiger partial charge is 0.497 e. The molecule has 0 radical (unpaired) electrons. The molecule has 1 heterocycles. The van der Waals surface area contributed by atoms with Gasteiger partial charge in [0.2, 0.25) is 0 Å². The van der Waals surface area contributed by atoms with Crippen LogP contribution in [0.2, 0.25) is 0 Å². The van der Waals surface area contributed by atoms with E-state index in [2.05, 4.69) is 19.9 Å². The molecule has 0 aliphatic carbocycles. The van der Waals surface area contributed by atoms with Crippen LogP contribution in [0.15, 0.2) is 35.9 Å². The van der Waals surface area contributed by atoms with E-state index in [9.17, 15) is 4.79 Å². The number of benzene rings is 1. The number of carbonyl (C=O) groups is 1. The van der Waals surface area contributed by atoms with Crippen molar-refractivity contribution < 1.29 is 23.7 Å². The molecule has 0 N–H and O–H groups in total. The van der Waals surface area contributed by atoms with E-state index in [4.69, 9.17) is 18.9 Å². The zero-order chi connectivity index (χ0) is 21.3. The van der Waals surface area contributed by atoms with Gasteiger partial charge >= 0.3 is 0 Å². The first-order valence-corrected chi connectivity index (χ1v) is 10.6. The minimum Gasteiger partial charge on any atom is -0.497 e. The van der Waals surface area contributed by atoms with Gasteiger partial charge in [0.05, 0.1) is 32.5 Å². The monoisotopic (exact) mass is 404 g/mol. The van der Waals surface area contributed by atoms with E-state index < -0.39 is 5.79 Å². The smallest absolute Gasteiger partial charge is 0.163 e. The Morgan fingerprint density at radius 2 is 1.97 bits per heavy atom. The molecule has 0 unspecified atom stereocenters. The highest BCUT2D eigenvalue weighted by Gasteiger charge is 2.39. The second-order valence-electron chi connectivity index (χ2n) is 8.02. The molecule has 1 saturated heterocycles. The Bertz CT molecular complexity index is 650. The molecule has 1 aliphatic rings. The maximum Gasteiger partial charge on any atom is 0.163 e. The van der Waals surface area contributed by atoms with Gasteiger partial charge in [0.25, 0.3) is 0 Å². The maximum absolute atomic E-state index is 11.6. The minimum atomic E-state index is -0.731. The van der Waals surface area contributed by atoms with Crippen molar-refractivity contribution in [1.82, 2.24) is 0 Å². The first-order chi connectivity index (χ1) is 13.9. The van der Waals surface area contributed by atoms with Crippen LogP contribution in [-0.4, -0.2) is 38.0 Å². The molecule has 5 nitrogen and oxygen atoms in total. The third-order valence-corrected chi connectivity index (χ3v) is 5.16. The Hall–Kier alpha value is -1.69. The maximum atomic E-state index is 11.6. The molecule has 29 heavy (non-hydrogen) atoms. The summed E-state index contributed by atoms with van der Waals surface area (Å²) in [6, 6.07) is 7.88. The van der Waals surface area contributed by atoms with Gasteiger partial charge in [0.1, 0.15) is 12.0 Å². The molecule has 1 fully saturated rings. The molecule has 0 amide bonds. The van der Waals surface area contributed by atoms with Gasteiger partial charge in [-0.3, -0.25) is 0 Å². The van der Waals surface area contributed by atoms with Crippen LogP contribution in [0, 0.1) is 5.92 Å². The second-order valence-corrected chi connectivity index (χ2v) is 8.02. The molecule has 0 aromatic heterocycles. The van der Waals surface area contributed by atoms with Crippen LogP contribution < -0.4 is 4.74 Å². The Labute approximate surface area is 175 Å². The van der Waals surface area contributed by atoms with Crippen molar-refractivity contribution in [3.05, 3.63) is 41.5 Å². The molecule has 0 bridgehead atoms. The minimum absolute atomic E-state index is 0.103. The van der Waals surface area contributed by atoms with E-state index in [1.165, 1.54) is 0 Å². The number of methoxy groups -OCH3 is 1. The van der Waals surface area contributed by atoms with Gasteiger partial charge in [-0.2, -0.15) is 0 Å². The normalized spacial score (nSPS) is 22.9. The first kappa shape index (κ1) is 23.6. The van der Waals surface area contributed by atoms with Crippen LogP contribution in [0.25, 0.3) is 0 Å². The molecule has 0 saturated carbocycles. The van der Waals surface area contributed by atoms with Crippen LogP contribution in [-0.2, 0) is 25.6 Å². The average molecular weight is 405 g/mol. The number of hydrogen-bond donors (Lipinski definition) is 0. The van der Waals surface area contributed by atoms with Crippen LogP contribution in [0.1, 0.15) is 58.9 Å². The topological polar surface area (TPSA) is 54.0 Å². The fourth-order valence-corrected chi connectivity index (χ4v) is 3.76. The molecular formula is C24H36O5.